The van der Waals surface area contributed by atoms with Crippen LogP contribution < -0.4 is 0 Å². The molecule has 0 bridgehead atoms. The topological polar surface area (TPSA) is 49.8 Å². The summed E-state index contributed by atoms with van der Waals surface area (Å²) in [5.74, 6) is -0.0166. The lowest BCUT2D eigenvalue weighted by Gasteiger charge is -2.49. The number of fused-ring (bicyclic) bond motifs is 3. The van der Waals surface area contributed by atoms with Gasteiger partial charge in [-0.3, -0.25) is 9.69 Å². The highest BCUT2D eigenvalue weighted by atomic mass is 16.6. The van der Waals surface area contributed by atoms with E-state index >= 15 is 0 Å². The molecule has 1 unspecified atom stereocenters. The van der Waals surface area contributed by atoms with E-state index in [0.29, 0.717) is 25.0 Å². The Hall–Kier alpha value is -1.39. The van der Waals surface area contributed by atoms with E-state index < -0.39 is 16.9 Å². The van der Waals surface area contributed by atoms with E-state index in [1.807, 2.05) is 43.0 Å². The predicted molar refractivity (Wildman–Crippen MR) is 82.4 cm³/mol. The average Bonchev–Trinajstić information content (AvgIpc) is 2.94. The molecular weight excluding hydrogens is 278 g/mol. The van der Waals surface area contributed by atoms with E-state index in [1.165, 1.54) is 0 Å². The van der Waals surface area contributed by atoms with Gasteiger partial charge in [-0.1, -0.05) is 37.5 Å². The third kappa shape index (κ3) is 1.52. The van der Waals surface area contributed by atoms with Gasteiger partial charge in [-0.15, -0.1) is 0 Å². The maximum Gasteiger partial charge on any atom is 0.257 e. The quantitative estimate of drug-likeness (QED) is 0.868. The monoisotopic (exact) mass is 301 g/mol. The normalized spacial score (nSPS) is 32.0. The van der Waals surface area contributed by atoms with Crippen molar-refractivity contribution in [3.8, 4) is 0 Å². The summed E-state index contributed by atoms with van der Waals surface area (Å²) in [5.41, 5.74) is -0.904. The molecule has 2 heterocycles. The number of hydrogen-bond acceptors (Lipinski definition) is 3. The van der Waals surface area contributed by atoms with E-state index in [9.17, 15) is 9.90 Å². The van der Waals surface area contributed by atoms with Crippen LogP contribution >= 0.6 is 0 Å². The molecule has 1 aromatic carbocycles. The molecule has 1 saturated heterocycles. The van der Waals surface area contributed by atoms with Gasteiger partial charge >= 0.3 is 0 Å². The fourth-order valence-electron chi connectivity index (χ4n) is 4.61. The molecule has 1 N–H and O–H groups in total. The van der Waals surface area contributed by atoms with Crippen LogP contribution in [0.25, 0.3) is 0 Å². The first-order valence-electron chi connectivity index (χ1n) is 8.23. The summed E-state index contributed by atoms with van der Waals surface area (Å²) >= 11 is 0. The van der Waals surface area contributed by atoms with Crippen LogP contribution in [0.3, 0.4) is 0 Å². The minimum atomic E-state index is -1.01. The molecule has 1 amide bonds. The number of carbonyl (C=O) groups excluding carboxylic acids is 1. The largest absolute Gasteiger partial charge is 0.384 e. The molecular formula is C18H23NO3. The number of aliphatic hydroxyl groups is 1. The van der Waals surface area contributed by atoms with Gasteiger partial charge in [0.15, 0.2) is 5.72 Å². The van der Waals surface area contributed by atoms with Crippen molar-refractivity contribution < 1.29 is 14.6 Å². The number of rotatable bonds is 1. The van der Waals surface area contributed by atoms with Crippen molar-refractivity contribution in [2.45, 2.75) is 62.8 Å². The molecule has 2 aliphatic heterocycles. The van der Waals surface area contributed by atoms with Crippen molar-refractivity contribution >= 4 is 5.91 Å². The summed E-state index contributed by atoms with van der Waals surface area (Å²) in [6.07, 6.45) is 4.46. The van der Waals surface area contributed by atoms with Crippen LogP contribution in [-0.2, 0) is 10.5 Å². The Bertz CT molecular complexity index is 633. The highest BCUT2D eigenvalue weighted by molar-refractivity contribution is 6.00. The molecule has 1 aliphatic carbocycles. The Morgan fingerprint density at radius 3 is 2.55 bits per heavy atom. The van der Waals surface area contributed by atoms with Crippen LogP contribution in [0.5, 0.6) is 0 Å². The van der Waals surface area contributed by atoms with Crippen LogP contribution in [0.4, 0.5) is 0 Å². The Labute approximate surface area is 131 Å². The van der Waals surface area contributed by atoms with Gasteiger partial charge in [0.2, 0.25) is 0 Å². The van der Waals surface area contributed by atoms with Crippen LogP contribution in [0.2, 0.25) is 0 Å². The lowest BCUT2D eigenvalue weighted by Crippen LogP contribution is -2.61. The van der Waals surface area contributed by atoms with E-state index in [4.69, 9.17) is 4.74 Å². The predicted octanol–water partition coefficient (Wildman–Crippen LogP) is 2.80. The molecule has 118 valence electrons. The minimum absolute atomic E-state index is 0.0166. The maximum absolute atomic E-state index is 13.0. The SMILES string of the molecule is CC1(C)COC2(C3(O)CCCCC3)c3ccccc3C(=O)N12. The van der Waals surface area contributed by atoms with Crippen molar-refractivity contribution in [1.82, 2.24) is 4.90 Å². The molecule has 4 heteroatoms. The Kier molecular flexibility index (Phi) is 2.80. The Balaban J connectivity index is 1.96. The standard InChI is InChI=1S/C18H23NO3/c1-16(2)12-22-18(17(21)10-6-3-7-11-17)14-9-5-4-8-13(14)15(20)19(16)18/h4-5,8-9,21H,3,6-7,10-12H2,1-2H3. The highest BCUT2D eigenvalue weighted by Crippen LogP contribution is 2.57. The first-order chi connectivity index (χ1) is 10.4. The molecule has 1 saturated carbocycles. The molecule has 3 aliphatic rings. The van der Waals surface area contributed by atoms with Crippen LogP contribution in [0.1, 0.15) is 61.9 Å². The van der Waals surface area contributed by atoms with Crippen molar-refractivity contribution in [2.24, 2.45) is 0 Å². The summed E-state index contributed by atoms with van der Waals surface area (Å²) < 4.78 is 6.27. The van der Waals surface area contributed by atoms with Gasteiger partial charge in [-0.25, -0.2) is 0 Å². The molecule has 1 aromatic rings. The molecule has 0 spiro atoms. The molecule has 22 heavy (non-hydrogen) atoms. The first kappa shape index (κ1) is 14.2. The Morgan fingerprint density at radius 1 is 1.14 bits per heavy atom. The number of nitrogens with zero attached hydrogens (tertiary/aromatic N) is 1. The van der Waals surface area contributed by atoms with Crippen molar-refractivity contribution in [3.05, 3.63) is 35.4 Å². The molecule has 1 atom stereocenters. The highest BCUT2D eigenvalue weighted by Gasteiger charge is 2.69. The molecule has 0 aromatic heterocycles. The minimum Gasteiger partial charge on any atom is -0.384 e. The zero-order valence-electron chi connectivity index (χ0n) is 13.3. The lowest BCUT2D eigenvalue weighted by atomic mass is 9.74. The van der Waals surface area contributed by atoms with Crippen LogP contribution in [0, 0.1) is 0 Å². The second kappa shape index (κ2) is 4.33. The summed E-state index contributed by atoms with van der Waals surface area (Å²) in [6, 6.07) is 7.60. The van der Waals surface area contributed by atoms with Gasteiger partial charge in [0, 0.05) is 11.1 Å². The zero-order valence-corrected chi connectivity index (χ0v) is 13.3. The van der Waals surface area contributed by atoms with Crippen molar-refractivity contribution in [1.29, 1.82) is 0 Å². The summed E-state index contributed by atoms with van der Waals surface area (Å²) in [6.45, 7) is 4.49. The second-order valence-electron chi connectivity index (χ2n) is 7.52. The number of carbonyl (C=O) groups is 1. The first-order valence-corrected chi connectivity index (χ1v) is 8.23. The van der Waals surface area contributed by atoms with Gasteiger partial charge in [0.1, 0.15) is 5.60 Å². The number of benzene rings is 1. The molecule has 4 rings (SSSR count). The lowest BCUT2D eigenvalue weighted by molar-refractivity contribution is -0.224. The van der Waals surface area contributed by atoms with Gasteiger partial charge in [0.05, 0.1) is 12.1 Å². The number of ether oxygens (including phenoxy) is 1. The van der Waals surface area contributed by atoms with Crippen molar-refractivity contribution in [2.75, 3.05) is 6.61 Å². The van der Waals surface area contributed by atoms with E-state index in [0.717, 1.165) is 24.8 Å². The summed E-state index contributed by atoms with van der Waals surface area (Å²) in [5, 5.41) is 11.5. The van der Waals surface area contributed by atoms with E-state index in [2.05, 4.69) is 0 Å². The Morgan fingerprint density at radius 2 is 1.82 bits per heavy atom. The van der Waals surface area contributed by atoms with Crippen LogP contribution in [0.15, 0.2) is 24.3 Å². The fourth-order valence-corrected chi connectivity index (χ4v) is 4.61. The van der Waals surface area contributed by atoms with Gasteiger partial charge in [0.25, 0.3) is 5.91 Å². The van der Waals surface area contributed by atoms with Gasteiger partial charge < -0.3 is 9.84 Å². The fraction of sp³-hybridized carbons (Fsp3) is 0.611. The maximum atomic E-state index is 13.0. The zero-order chi connectivity index (χ0) is 15.6. The van der Waals surface area contributed by atoms with Gasteiger partial charge in [-0.05, 0) is 32.8 Å². The second-order valence-corrected chi connectivity index (χ2v) is 7.52. The molecule has 4 nitrogen and oxygen atoms in total. The van der Waals surface area contributed by atoms with Gasteiger partial charge in [-0.2, -0.15) is 0 Å². The van der Waals surface area contributed by atoms with Crippen LogP contribution in [-0.4, -0.2) is 33.7 Å². The average molecular weight is 301 g/mol. The van der Waals surface area contributed by atoms with E-state index in [-0.39, 0.29) is 5.91 Å². The third-order valence-corrected chi connectivity index (χ3v) is 5.59. The summed E-state index contributed by atoms with van der Waals surface area (Å²) in [4.78, 5) is 14.8. The molecule has 0 radical (unpaired) electrons. The molecule has 2 fully saturated rings. The summed E-state index contributed by atoms with van der Waals surface area (Å²) in [7, 11) is 0. The van der Waals surface area contributed by atoms with Crippen molar-refractivity contribution in [3.63, 3.8) is 0 Å². The van der Waals surface area contributed by atoms with E-state index in [1.54, 1.807) is 0 Å². The third-order valence-electron chi connectivity index (χ3n) is 5.59. The number of hydrogen-bond donors (Lipinski definition) is 1. The smallest absolute Gasteiger partial charge is 0.257 e. The number of amides is 1.